The largest absolute Gasteiger partial charge is 0.325 e. The van der Waals surface area contributed by atoms with Gasteiger partial charge in [-0.2, -0.15) is 5.21 Å². The van der Waals surface area contributed by atoms with E-state index in [4.69, 9.17) is 0 Å². The molecule has 5 aromatic rings. The second-order valence-corrected chi connectivity index (χ2v) is 7.42. The van der Waals surface area contributed by atoms with Gasteiger partial charge in [-0.1, -0.05) is 55.5 Å². The first-order valence-electron chi connectivity index (χ1n) is 10.1. The van der Waals surface area contributed by atoms with Crippen molar-refractivity contribution in [3.05, 3.63) is 83.7 Å². The van der Waals surface area contributed by atoms with Crippen LogP contribution in [-0.2, 0) is 13.0 Å². The fraction of sp³-hybridized carbons (Fsp3) is 0.167. The lowest BCUT2D eigenvalue weighted by Crippen LogP contribution is -2.04. The number of nitrogens with one attached hydrogen (secondary N) is 1. The van der Waals surface area contributed by atoms with Gasteiger partial charge < -0.3 is 4.57 Å². The maximum absolute atomic E-state index is 4.65. The number of H-pyrrole nitrogens is 1. The van der Waals surface area contributed by atoms with E-state index in [-0.39, 0.29) is 0 Å². The van der Waals surface area contributed by atoms with Crippen molar-refractivity contribution in [2.24, 2.45) is 0 Å². The Morgan fingerprint density at radius 3 is 2.50 bits per heavy atom. The number of nitrogens with zero attached hydrogens (tertiary/aromatic N) is 5. The maximum Gasteiger partial charge on any atom is 0.205 e. The summed E-state index contributed by atoms with van der Waals surface area (Å²) in [6, 6.07) is 21.1. The molecule has 3 heterocycles. The van der Waals surface area contributed by atoms with Crippen LogP contribution in [0.5, 0.6) is 0 Å². The van der Waals surface area contributed by atoms with Crippen LogP contribution in [0.4, 0.5) is 0 Å². The fourth-order valence-corrected chi connectivity index (χ4v) is 3.98. The Hall–Kier alpha value is -3.80. The molecule has 0 fully saturated rings. The Labute approximate surface area is 174 Å². The van der Waals surface area contributed by atoms with Crippen LogP contribution in [0, 0.1) is 6.92 Å². The molecular weight excluding hydrogens is 372 g/mol. The third-order valence-corrected chi connectivity index (χ3v) is 5.58. The van der Waals surface area contributed by atoms with Crippen molar-refractivity contribution in [3.8, 4) is 22.5 Å². The smallest absolute Gasteiger partial charge is 0.205 e. The van der Waals surface area contributed by atoms with Gasteiger partial charge in [0.15, 0.2) is 0 Å². The topological polar surface area (TPSA) is 72.3 Å². The highest BCUT2D eigenvalue weighted by molar-refractivity contribution is 5.82. The zero-order valence-electron chi connectivity index (χ0n) is 17.0. The lowest BCUT2D eigenvalue weighted by atomic mass is 9.98. The van der Waals surface area contributed by atoms with E-state index in [1.807, 2.05) is 24.4 Å². The number of tetrazole rings is 1. The second kappa shape index (κ2) is 7.55. The van der Waals surface area contributed by atoms with E-state index >= 15 is 0 Å². The molecule has 2 aromatic carbocycles. The molecule has 6 heteroatoms. The Bertz CT molecular complexity index is 1300. The van der Waals surface area contributed by atoms with E-state index in [0.29, 0.717) is 5.82 Å². The number of aromatic amines is 1. The van der Waals surface area contributed by atoms with Gasteiger partial charge in [0, 0.05) is 29.4 Å². The van der Waals surface area contributed by atoms with Gasteiger partial charge in [-0.25, -0.2) is 4.98 Å². The molecule has 0 aliphatic carbocycles. The van der Waals surface area contributed by atoms with Crippen molar-refractivity contribution in [1.29, 1.82) is 0 Å². The summed E-state index contributed by atoms with van der Waals surface area (Å²) in [6.07, 6.45) is 2.87. The van der Waals surface area contributed by atoms with Gasteiger partial charge in [0.25, 0.3) is 0 Å². The average Bonchev–Trinajstić information content (AvgIpc) is 3.44. The third kappa shape index (κ3) is 3.16. The number of fused-ring (bicyclic) bond motifs is 1. The van der Waals surface area contributed by atoms with Crippen LogP contribution >= 0.6 is 0 Å². The van der Waals surface area contributed by atoms with Crippen molar-refractivity contribution in [2.45, 2.75) is 26.8 Å². The van der Waals surface area contributed by atoms with Gasteiger partial charge in [-0.05, 0) is 52.9 Å². The van der Waals surface area contributed by atoms with E-state index in [9.17, 15) is 0 Å². The molecule has 0 saturated carbocycles. The van der Waals surface area contributed by atoms with Crippen LogP contribution in [-0.4, -0.2) is 30.2 Å². The molecule has 0 aliphatic rings. The Morgan fingerprint density at radius 1 is 0.967 bits per heavy atom. The Balaban J connectivity index is 1.49. The number of rotatable bonds is 5. The van der Waals surface area contributed by atoms with Crippen molar-refractivity contribution < 1.29 is 0 Å². The molecule has 3 aromatic heterocycles. The number of hydrogen-bond donors (Lipinski definition) is 1. The van der Waals surface area contributed by atoms with Crippen molar-refractivity contribution in [2.75, 3.05) is 0 Å². The van der Waals surface area contributed by atoms with Crippen LogP contribution in [0.15, 0.2) is 66.9 Å². The first-order chi connectivity index (χ1) is 14.7. The molecule has 1 N–H and O–H groups in total. The van der Waals surface area contributed by atoms with Gasteiger partial charge in [0.1, 0.15) is 5.65 Å². The number of pyridine rings is 1. The summed E-state index contributed by atoms with van der Waals surface area (Å²) < 4.78 is 2.32. The number of benzene rings is 2. The molecule has 0 radical (unpaired) electrons. The molecule has 148 valence electrons. The maximum atomic E-state index is 4.65. The molecule has 0 bridgehead atoms. The molecule has 0 aliphatic heterocycles. The molecule has 0 atom stereocenters. The average molecular weight is 394 g/mol. The lowest BCUT2D eigenvalue weighted by Gasteiger charge is -2.11. The fourth-order valence-electron chi connectivity index (χ4n) is 3.98. The predicted octanol–water partition coefficient (Wildman–Crippen LogP) is 4.80. The SMILES string of the molecule is CCc1cc2c(C)ccnc2n1Cc1ccc(-c2ccccc2-c2nn[nH]n2)cc1. The number of aromatic nitrogens is 6. The summed E-state index contributed by atoms with van der Waals surface area (Å²) in [5, 5.41) is 15.7. The van der Waals surface area contributed by atoms with E-state index in [1.165, 1.54) is 22.2 Å². The van der Waals surface area contributed by atoms with Crippen LogP contribution < -0.4 is 0 Å². The molecule has 0 saturated heterocycles. The second-order valence-electron chi connectivity index (χ2n) is 7.42. The molecule has 0 amide bonds. The van der Waals surface area contributed by atoms with Gasteiger partial charge >= 0.3 is 0 Å². The van der Waals surface area contributed by atoms with Crippen LogP contribution in [0.3, 0.4) is 0 Å². The monoisotopic (exact) mass is 394 g/mol. The lowest BCUT2D eigenvalue weighted by molar-refractivity contribution is 0.768. The summed E-state index contributed by atoms with van der Waals surface area (Å²) in [5.41, 5.74) is 8.04. The van der Waals surface area contributed by atoms with Crippen LogP contribution in [0.1, 0.15) is 23.7 Å². The minimum absolute atomic E-state index is 0.600. The number of aryl methyl sites for hydroxylation is 2. The van der Waals surface area contributed by atoms with Crippen molar-refractivity contribution in [1.82, 2.24) is 30.2 Å². The summed E-state index contributed by atoms with van der Waals surface area (Å²) in [5.74, 6) is 0.600. The summed E-state index contributed by atoms with van der Waals surface area (Å²) in [6.45, 7) is 5.14. The highest BCUT2D eigenvalue weighted by Gasteiger charge is 2.13. The van der Waals surface area contributed by atoms with Gasteiger partial charge in [0.05, 0.1) is 0 Å². The predicted molar refractivity (Wildman–Crippen MR) is 118 cm³/mol. The molecule has 6 nitrogen and oxygen atoms in total. The molecule has 5 rings (SSSR count). The minimum atomic E-state index is 0.600. The summed E-state index contributed by atoms with van der Waals surface area (Å²) in [7, 11) is 0. The van der Waals surface area contributed by atoms with Gasteiger partial charge in [-0.3, -0.25) is 0 Å². The first kappa shape index (κ1) is 18.2. The van der Waals surface area contributed by atoms with E-state index in [1.54, 1.807) is 0 Å². The van der Waals surface area contributed by atoms with E-state index in [2.05, 4.69) is 86.5 Å². The van der Waals surface area contributed by atoms with Crippen molar-refractivity contribution >= 4 is 11.0 Å². The van der Waals surface area contributed by atoms with Crippen LogP contribution in [0.25, 0.3) is 33.5 Å². The first-order valence-corrected chi connectivity index (χ1v) is 10.1. The van der Waals surface area contributed by atoms with E-state index in [0.717, 1.165) is 35.3 Å². The molecule has 0 spiro atoms. The third-order valence-electron chi connectivity index (χ3n) is 5.58. The number of hydrogen-bond acceptors (Lipinski definition) is 4. The summed E-state index contributed by atoms with van der Waals surface area (Å²) >= 11 is 0. The minimum Gasteiger partial charge on any atom is -0.325 e. The highest BCUT2D eigenvalue weighted by Crippen LogP contribution is 2.30. The standard InChI is InChI=1S/C24H22N6/c1-3-19-14-22-16(2)12-13-25-24(22)30(19)15-17-8-10-18(11-9-17)20-6-4-5-7-21(20)23-26-28-29-27-23/h4-14H,3,15H2,1-2H3,(H,26,27,28,29). The molecular formula is C24H22N6. The quantitative estimate of drug-likeness (QED) is 0.465. The summed E-state index contributed by atoms with van der Waals surface area (Å²) in [4.78, 5) is 4.65. The van der Waals surface area contributed by atoms with Gasteiger partial charge in [0.2, 0.25) is 5.82 Å². The zero-order valence-corrected chi connectivity index (χ0v) is 17.0. The van der Waals surface area contributed by atoms with Crippen LogP contribution in [0.2, 0.25) is 0 Å². The van der Waals surface area contributed by atoms with Gasteiger partial charge in [-0.15, -0.1) is 10.2 Å². The van der Waals surface area contributed by atoms with Crippen molar-refractivity contribution in [3.63, 3.8) is 0 Å². The normalized spacial score (nSPS) is 11.3. The Morgan fingerprint density at radius 2 is 1.77 bits per heavy atom. The molecule has 0 unspecified atom stereocenters. The zero-order chi connectivity index (χ0) is 20.5. The Kier molecular flexibility index (Phi) is 4.59. The molecule has 30 heavy (non-hydrogen) atoms. The highest BCUT2D eigenvalue weighted by atomic mass is 15.5. The van der Waals surface area contributed by atoms with E-state index < -0.39 is 0 Å².